The number of nitrogens with zero attached hydrogens (tertiary/aromatic N) is 3. The van der Waals surface area contributed by atoms with Crippen LogP contribution in [0.4, 0.5) is 18.6 Å². The first-order chi connectivity index (χ1) is 32.9. The molecule has 3 N–H and O–H groups in total. The third kappa shape index (κ3) is 13.0. The summed E-state index contributed by atoms with van der Waals surface area (Å²) in [6.07, 6.45) is 5.39. The highest BCUT2D eigenvalue weighted by molar-refractivity contribution is 7.23. The SMILES string of the molecule is COCCCCCC(=O)Cc1sc2c(c1-c1nc3cc(F)ccc3s1)CC(C)NC2C.COCCNCCC(=O)Nc1sc2c(c1-c1nc3cc(F)ccc3s1)CC(C)N(C(=O)OC(C)(C)C)C2C. The molecule has 0 saturated carbocycles. The lowest BCUT2D eigenvalue weighted by Gasteiger charge is -2.39. The Morgan fingerprint density at radius 3 is 2.06 bits per heavy atom. The van der Waals surface area contributed by atoms with Gasteiger partial charge in [0.2, 0.25) is 5.91 Å². The van der Waals surface area contributed by atoms with Crippen molar-refractivity contribution in [2.24, 2.45) is 0 Å². The van der Waals surface area contributed by atoms with E-state index in [1.54, 1.807) is 53.9 Å². The highest BCUT2D eigenvalue weighted by atomic mass is 32.1. The first-order valence-electron chi connectivity index (χ1n) is 23.6. The number of rotatable bonds is 17. The summed E-state index contributed by atoms with van der Waals surface area (Å²) in [6, 6.07) is 9.59. The van der Waals surface area contributed by atoms with Gasteiger partial charge in [-0.3, -0.25) is 14.5 Å². The zero-order chi connectivity index (χ0) is 49.6. The number of aromatic nitrogens is 2. The molecule has 4 aromatic heterocycles. The molecule has 18 heteroatoms. The monoisotopic (exact) mass is 1020 g/mol. The van der Waals surface area contributed by atoms with E-state index in [0.29, 0.717) is 67.5 Å². The zero-order valence-corrected chi connectivity index (χ0v) is 44.2. The number of Topliss-reactive ketones (excluding diaryl/α,β-unsaturated/α-hetero) is 1. The maximum absolute atomic E-state index is 13.9. The second kappa shape index (κ2) is 23.3. The zero-order valence-electron chi connectivity index (χ0n) is 40.9. The molecule has 372 valence electrons. The van der Waals surface area contributed by atoms with E-state index in [4.69, 9.17) is 24.2 Å². The average Bonchev–Trinajstić information content (AvgIpc) is 4.05. The van der Waals surface area contributed by atoms with Gasteiger partial charge in [0, 0.05) is 109 Å². The van der Waals surface area contributed by atoms with E-state index < -0.39 is 5.60 Å². The van der Waals surface area contributed by atoms with Gasteiger partial charge < -0.3 is 30.2 Å². The number of hydrogen-bond acceptors (Lipinski definition) is 14. The summed E-state index contributed by atoms with van der Waals surface area (Å²) in [4.78, 5) is 53.5. The van der Waals surface area contributed by atoms with Crippen LogP contribution in [0.25, 0.3) is 41.6 Å². The molecular formula is C51H64F2N6O6S4. The van der Waals surface area contributed by atoms with Crippen molar-refractivity contribution < 1.29 is 37.4 Å². The Kier molecular flexibility index (Phi) is 17.8. The van der Waals surface area contributed by atoms with Gasteiger partial charge in [-0.15, -0.1) is 45.3 Å². The quantitative estimate of drug-likeness (QED) is 0.0755. The van der Waals surface area contributed by atoms with Crippen LogP contribution in [0.15, 0.2) is 36.4 Å². The lowest BCUT2D eigenvalue weighted by atomic mass is 9.93. The van der Waals surface area contributed by atoms with Crippen LogP contribution in [0.5, 0.6) is 0 Å². The molecule has 2 aliphatic rings. The predicted molar refractivity (Wildman–Crippen MR) is 277 cm³/mol. The van der Waals surface area contributed by atoms with Crippen molar-refractivity contribution in [2.75, 3.05) is 45.8 Å². The second-order valence-electron chi connectivity index (χ2n) is 18.8. The summed E-state index contributed by atoms with van der Waals surface area (Å²) in [5.74, 6) is -0.455. The Hall–Kier alpha value is -4.27. The number of carbonyl (C=O) groups is 3. The number of halogens is 2. The molecule has 8 rings (SSSR count). The number of ketones is 1. The molecule has 12 nitrogen and oxygen atoms in total. The Morgan fingerprint density at radius 1 is 0.783 bits per heavy atom. The van der Waals surface area contributed by atoms with Gasteiger partial charge >= 0.3 is 6.09 Å². The summed E-state index contributed by atoms with van der Waals surface area (Å²) in [5, 5.41) is 12.2. The van der Waals surface area contributed by atoms with Crippen LogP contribution in [0.1, 0.15) is 118 Å². The lowest BCUT2D eigenvalue weighted by molar-refractivity contribution is -0.118. The van der Waals surface area contributed by atoms with E-state index in [-0.39, 0.29) is 47.5 Å². The Bertz CT molecular complexity index is 2760. The van der Waals surface area contributed by atoms with Gasteiger partial charge in [0.15, 0.2) is 0 Å². The molecule has 2 aromatic carbocycles. The number of methoxy groups -OCH3 is 2. The molecule has 2 amide bonds. The van der Waals surface area contributed by atoms with Crippen LogP contribution in [0.3, 0.4) is 0 Å². The van der Waals surface area contributed by atoms with Gasteiger partial charge in [0.1, 0.15) is 38.0 Å². The molecular weight excluding hydrogens is 959 g/mol. The van der Waals surface area contributed by atoms with Gasteiger partial charge in [-0.25, -0.2) is 23.5 Å². The highest BCUT2D eigenvalue weighted by Gasteiger charge is 2.40. The van der Waals surface area contributed by atoms with Crippen molar-refractivity contribution in [3.8, 4) is 21.1 Å². The number of hydrogen-bond donors (Lipinski definition) is 3. The van der Waals surface area contributed by atoms with Gasteiger partial charge in [-0.05, 0) is 110 Å². The predicted octanol–water partition coefficient (Wildman–Crippen LogP) is 12.0. The normalized spacial score (nSPS) is 17.9. The van der Waals surface area contributed by atoms with E-state index in [0.717, 1.165) is 78.1 Å². The van der Waals surface area contributed by atoms with Crippen LogP contribution in [0.2, 0.25) is 0 Å². The third-order valence-electron chi connectivity index (χ3n) is 12.0. The van der Waals surface area contributed by atoms with Crippen molar-refractivity contribution in [1.29, 1.82) is 0 Å². The Balaban J connectivity index is 0.000000208. The summed E-state index contributed by atoms with van der Waals surface area (Å²) >= 11 is 6.27. The molecule has 2 aliphatic heterocycles. The minimum atomic E-state index is -0.607. The van der Waals surface area contributed by atoms with Crippen molar-refractivity contribution in [3.05, 3.63) is 73.8 Å². The molecule has 4 atom stereocenters. The van der Waals surface area contributed by atoms with E-state index in [9.17, 15) is 23.2 Å². The third-order valence-corrected chi connectivity index (χ3v) is 16.9. The number of fused-ring (bicyclic) bond motifs is 4. The molecule has 69 heavy (non-hydrogen) atoms. The molecule has 0 aliphatic carbocycles. The van der Waals surface area contributed by atoms with Crippen molar-refractivity contribution in [2.45, 2.75) is 130 Å². The molecule has 0 saturated heterocycles. The maximum Gasteiger partial charge on any atom is 0.411 e. The molecule has 6 aromatic rings. The number of amides is 2. The fourth-order valence-corrected chi connectivity index (χ4v) is 13.8. The molecule has 0 radical (unpaired) electrons. The first-order valence-corrected chi connectivity index (χ1v) is 26.9. The van der Waals surface area contributed by atoms with Crippen LogP contribution in [0, 0.1) is 11.6 Å². The number of benzene rings is 2. The molecule has 4 unspecified atom stereocenters. The van der Waals surface area contributed by atoms with Gasteiger partial charge in [-0.2, -0.15) is 0 Å². The number of unbranched alkanes of at least 4 members (excludes halogenated alkanes) is 2. The fraction of sp³-hybridized carbons (Fsp3) is 0.510. The van der Waals surface area contributed by atoms with Crippen LogP contribution >= 0.6 is 45.3 Å². The first kappa shape index (κ1) is 52.6. The fourth-order valence-electron chi connectivity index (χ4n) is 8.94. The highest BCUT2D eigenvalue weighted by Crippen LogP contribution is 2.50. The molecule has 0 fully saturated rings. The van der Waals surface area contributed by atoms with E-state index in [2.05, 4.69) is 29.8 Å². The number of ether oxygens (including phenoxy) is 3. The van der Waals surface area contributed by atoms with Crippen LogP contribution in [-0.2, 0) is 43.1 Å². The lowest BCUT2D eigenvalue weighted by Crippen LogP contribution is -2.46. The molecule has 0 spiro atoms. The Labute approximate surface area is 419 Å². The van der Waals surface area contributed by atoms with Crippen LogP contribution in [-0.4, -0.2) is 90.9 Å². The summed E-state index contributed by atoms with van der Waals surface area (Å²) in [7, 11) is 3.34. The topological polar surface area (TPSA) is 144 Å². The average molecular weight is 1020 g/mol. The van der Waals surface area contributed by atoms with E-state index in [1.807, 2.05) is 34.6 Å². The maximum atomic E-state index is 13.9. The van der Waals surface area contributed by atoms with Crippen LogP contribution < -0.4 is 16.0 Å². The Morgan fingerprint density at radius 2 is 1.42 bits per heavy atom. The minimum Gasteiger partial charge on any atom is -0.444 e. The van der Waals surface area contributed by atoms with E-state index >= 15 is 0 Å². The van der Waals surface area contributed by atoms with Crippen molar-refractivity contribution >= 4 is 88.6 Å². The number of thiophene rings is 2. The van der Waals surface area contributed by atoms with Gasteiger partial charge in [-0.1, -0.05) is 6.42 Å². The van der Waals surface area contributed by atoms with E-state index in [1.165, 1.54) is 57.4 Å². The second-order valence-corrected chi connectivity index (χ2v) is 23.1. The standard InChI is InChI=1S/C27H35FN4O4S2.C24H29FN2O2S2/c1-15-13-18-22(24-30-19-14-17(28)7-8-20(19)37-24)25(31-21(33)9-10-29-11-12-35-6)38-23(18)16(2)32(15)26(34)36-27(3,4)5;1-14-11-18-22(24-27-19-12-16(25)8-9-20(19)31-24)21(30-23(18)15(2)26-14)13-17(28)7-5-4-6-10-29-3/h7-8,14-16,29H,9-13H2,1-6H3,(H,31,33);8-9,12,14-15,26H,4-7,10-11,13H2,1-3H3. The van der Waals surface area contributed by atoms with Gasteiger partial charge in [0.05, 0.1) is 33.1 Å². The van der Waals surface area contributed by atoms with Gasteiger partial charge in [0.25, 0.3) is 0 Å². The number of carbonyl (C=O) groups excluding carboxylic acids is 3. The molecule has 0 bridgehead atoms. The largest absolute Gasteiger partial charge is 0.444 e. The summed E-state index contributed by atoms with van der Waals surface area (Å²) in [6.45, 7) is 16.4. The number of thiazole rings is 2. The smallest absolute Gasteiger partial charge is 0.411 e. The molecule has 6 heterocycles. The summed E-state index contributed by atoms with van der Waals surface area (Å²) in [5.41, 5.74) is 5.00. The number of nitrogens with one attached hydrogen (secondary N) is 3. The number of anilines is 1. The minimum absolute atomic E-state index is 0.119. The van der Waals surface area contributed by atoms with Crippen molar-refractivity contribution in [3.63, 3.8) is 0 Å². The summed E-state index contributed by atoms with van der Waals surface area (Å²) < 4.78 is 45.3. The van der Waals surface area contributed by atoms with Crippen molar-refractivity contribution in [1.82, 2.24) is 25.5 Å².